The second kappa shape index (κ2) is 6.51. The van der Waals surface area contributed by atoms with Crippen LogP contribution in [0.25, 0.3) is 5.69 Å². The van der Waals surface area contributed by atoms with Crippen molar-refractivity contribution < 1.29 is 9.18 Å². The zero-order valence-electron chi connectivity index (χ0n) is 13.6. The summed E-state index contributed by atoms with van der Waals surface area (Å²) in [5, 5.41) is 8.60. The minimum atomic E-state index is -0.334. The number of piperidine rings is 1. The molecule has 1 atom stereocenters. The highest BCUT2D eigenvalue weighted by Gasteiger charge is 2.27. The molecular formula is C18H18FN5O. The molecule has 2 aromatic heterocycles. The monoisotopic (exact) mass is 339 g/mol. The highest BCUT2D eigenvalue weighted by atomic mass is 19.1. The molecule has 0 aliphatic carbocycles. The highest BCUT2D eigenvalue weighted by molar-refractivity contribution is 5.92. The maximum Gasteiger partial charge on any atom is 0.274 e. The van der Waals surface area contributed by atoms with E-state index in [9.17, 15) is 9.18 Å². The third-order valence-electron chi connectivity index (χ3n) is 4.46. The summed E-state index contributed by atoms with van der Waals surface area (Å²) in [6, 6.07) is 9.88. The molecule has 1 aromatic carbocycles. The summed E-state index contributed by atoms with van der Waals surface area (Å²) < 4.78 is 16.8. The number of carbonyl (C=O) groups excluding carboxylic acids is 1. The van der Waals surface area contributed by atoms with Crippen molar-refractivity contribution in [3.8, 4) is 5.69 Å². The van der Waals surface area contributed by atoms with Crippen molar-refractivity contribution in [3.63, 3.8) is 0 Å². The summed E-state index contributed by atoms with van der Waals surface area (Å²) in [5.41, 5.74) is 0.956. The number of aromatic nitrogens is 4. The second-order valence-corrected chi connectivity index (χ2v) is 6.16. The molecule has 3 aromatic rings. The van der Waals surface area contributed by atoms with Crippen LogP contribution in [0.15, 0.2) is 55.0 Å². The molecule has 4 rings (SSSR count). The van der Waals surface area contributed by atoms with Gasteiger partial charge in [0.05, 0.1) is 11.7 Å². The van der Waals surface area contributed by atoms with E-state index in [4.69, 9.17) is 0 Å². The lowest BCUT2D eigenvalue weighted by atomic mass is 10.1. The number of halogens is 1. The Labute approximate surface area is 144 Å². The van der Waals surface area contributed by atoms with Gasteiger partial charge >= 0.3 is 0 Å². The van der Waals surface area contributed by atoms with Crippen molar-refractivity contribution in [3.05, 3.63) is 66.5 Å². The third-order valence-corrected chi connectivity index (χ3v) is 4.46. The Morgan fingerprint density at radius 1 is 1.20 bits per heavy atom. The number of likely N-dealkylation sites (tertiary alicyclic amines) is 1. The Morgan fingerprint density at radius 3 is 2.92 bits per heavy atom. The summed E-state index contributed by atoms with van der Waals surface area (Å²) in [7, 11) is 0. The SMILES string of the molecule is O=C(c1ccn(-c2cccc(F)c2)n1)N1CCC[C@@H](n2cccn2)C1. The van der Waals surface area contributed by atoms with Gasteiger partial charge in [-0.2, -0.15) is 10.2 Å². The summed E-state index contributed by atoms with van der Waals surface area (Å²) in [6.07, 6.45) is 7.29. The molecule has 0 saturated carbocycles. The van der Waals surface area contributed by atoms with Gasteiger partial charge in [0.2, 0.25) is 0 Å². The van der Waals surface area contributed by atoms with E-state index in [0.717, 1.165) is 12.8 Å². The molecule has 1 saturated heterocycles. The van der Waals surface area contributed by atoms with Gasteiger partial charge in [0.1, 0.15) is 5.82 Å². The molecule has 3 heterocycles. The zero-order chi connectivity index (χ0) is 17.2. The van der Waals surface area contributed by atoms with Crippen molar-refractivity contribution in [2.75, 3.05) is 13.1 Å². The van der Waals surface area contributed by atoms with Crippen LogP contribution < -0.4 is 0 Å². The van der Waals surface area contributed by atoms with Crippen LogP contribution in [0.3, 0.4) is 0 Å². The van der Waals surface area contributed by atoms with Gasteiger partial charge in [-0.05, 0) is 43.2 Å². The van der Waals surface area contributed by atoms with E-state index in [1.54, 1.807) is 30.6 Å². The van der Waals surface area contributed by atoms with E-state index in [0.29, 0.717) is 24.5 Å². The molecule has 1 aliphatic rings. The molecule has 1 amide bonds. The van der Waals surface area contributed by atoms with Gasteiger partial charge in [-0.15, -0.1) is 0 Å². The smallest absolute Gasteiger partial charge is 0.274 e. The van der Waals surface area contributed by atoms with Gasteiger partial charge in [0, 0.05) is 31.7 Å². The van der Waals surface area contributed by atoms with Crippen LogP contribution in [-0.2, 0) is 0 Å². The first-order chi connectivity index (χ1) is 12.2. The van der Waals surface area contributed by atoms with Crippen molar-refractivity contribution in [1.82, 2.24) is 24.5 Å². The van der Waals surface area contributed by atoms with E-state index in [1.165, 1.54) is 16.8 Å². The number of amides is 1. The van der Waals surface area contributed by atoms with Crippen molar-refractivity contribution in [1.29, 1.82) is 0 Å². The van der Waals surface area contributed by atoms with Crippen LogP contribution in [0.1, 0.15) is 29.4 Å². The zero-order valence-corrected chi connectivity index (χ0v) is 13.6. The first-order valence-electron chi connectivity index (χ1n) is 8.31. The fourth-order valence-electron chi connectivity index (χ4n) is 3.21. The second-order valence-electron chi connectivity index (χ2n) is 6.16. The molecule has 0 radical (unpaired) electrons. The van der Waals surface area contributed by atoms with E-state index in [2.05, 4.69) is 10.2 Å². The van der Waals surface area contributed by atoms with Crippen molar-refractivity contribution in [2.24, 2.45) is 0 Å². The Balaban J connectivity index is 1.51. The van der Waals surface area contributed by atoms with Gasteiger partial charge < -0.3 is 4.90 Å². The van der Waals surface area contributed by atoms with E-state index < -0.39 is 0 Å². The molecule has 7 heteroatoms. The van der Waals surface area contributed by atoms with Crippen LogP contribution in [0.4, 0.5) is 4.39 Å². The van der Waals surface area contributed by atoms with Gasteiger partial charge in [-0.3, -0.25) is 9.48 Å². The minimum Gasteiger partial charge on any atom is -0.335 e. The maximum absolute atomic E-state index is 13.4. The van der Waals surface area contributed by atoms with Gasteiger partial charge in [0.25, 0.3) is 5.91 Å². The van der Waals surface area contributed by atoms with Gasteiger partial charge in [-0.25, -0.2) is 9.07 Å². The first-order valence-corrected chi connectivity index (χ1v) is 8.31. The average molecular weight is 339 g/mol. The highest BCUT2D eigenvalue weighted by Crippen LogP contribution is 2.22. The van der Waals surface area contributed by atoms with Crippen LogP contribution in [0, 0.1) is 5.82 Å². The largest absolute Gasteiger partial charge is 0.335 e. The Morgan fingerprint density at radius 2 is 2.12 bits per heavy atom. The topological polar surface area (TPSA) is 56.0 Å². The summed E-state index contributed by atoms with van der Waals surface area (Å²) in [5.74, 6) is -0.439. The quantitative estimate of drug-likeness (QED) is 0.737. The summed E-state index contributed by atoms with van der Waals surface area (Å²) in [6.45, 7) is 1.33. The number of rotatable bonds is 3. The fourth-order valence-corrected chi connectivity index (χ4v) is 3.21. The Hall–Kier alpha value is -2.96. The number of hydrogen-bond acceptors (Lipinski definition) is 3. The van der Waals surface area contributed by atoms with Crippen molar-refractivity contribution >= 4 is 5.91 Å². The van der Waals surface area contributed by atoms with Gasteiger partial charge in [0.15, 0.2) is 5.69 Å². The number of benzene rings is 1. The normalized spacial score (nSPS) is 17.6. The van der Waals surface area contributed by atoms with E-state index in [-0.39, 0.29) is 17.8 Å². The molecule has 0 unspecified atom stereocenters. The predicted molar refractivity (Wildman–Crippen MR) is 89.9 cm³/mol. The lowest BCUT2D eigenvalue weighted by molar-refractivity contribution is 0.0666. The summed E-state index contributed by atoms with van der Waals surface area (Å²) >= 11 is 0. The van der Waals surface area contributed by atoms with Crippen LogP contribution in [0.2, 0.25) is 0 Å². The van der Waals surface area contributed by atoms with Crippen LogP contribution >= 0.6 is 0 Å². The molecular weight excluding hydrogens is 321 g/mol. The lowest BCUT2D eigenvalue weighted by Crippen LogP contribution is -2.41. The third kappa shape index (κ3) is 3.17. The molecule has 128 valence electrons. The van der Waals surface area contributed by atoms with Gasteiger partial charge in [-0.1, -0.05) is 6.07 Å². The Kier molecular flexibility index (Phi) is 4.05. The number of hydrogen-bond donors (Lipinski definition) is 0. The molecule has 1 aliphatic heterocycles. The average Bonchev–Trinajstić information content (AvgIpc) is 3.33. The molecule has 25 heavy (non-hydrogen) atoms. The van der Waals surface area contributed by atoms with Crippen LogP contribution in [0.5, 0.6) is 0 Å². The predicted octanol–water partition coefficient (Wildman–Crippen LogP) is 2.69. The molecule has 6 nitrogen and oxygen atoms in total. The minimum absolute atomic E-state index is 0.105. The molecule has 0 bridgehead atoms. The number of carbonyl (C=O) groups is 1. The standard InChI is InChI=1S/C18H18FN5O/c19-14-4-1-5-15(12-14)24-11-7-17(21-24)18(25)22-9-2-6-16(13-22)23-10-3-8-20-23/h1,3-5,7-8,10-12,16H,2,6,9,13H2/t16-/m1/s1. The maximum atomic E-state index is 13.4. The van der Waals surface area contributed by atoms with Crippen molar-refractivity contribution in [2.45, 2.75) is 18.9 Å². The first kappa shape index (κ1) is 15.6. The molecule has 0 spiro atoms. The van der Waals surface area contributed by atoms with E-state index in [1.807, 2.05) is 21.8 Å². The summed E-state index contributed by atoms with van der Waals surface area (Å²) in [4.78, 5) is 14.6. The lowest BCUT2D eigenvalue weighted by Gasteiger charge is -2.32. The Bertz CT molecular complexity index is 873. The van der Waals surface area contributed by atoms with E-state index >= 15 is 0 Å². The number of nitrogens with zero attached hydrogens (tertiary/aromatic N) is 5. The molecule has 1 fully saturated rings. The van der Waals surface area contributed by atoms with Crippen LogP contribution in [-0.4, -0.2) is 43.5 Å². The molecule has 0 N–H and O–H groups in total. The fraction of sp³-hybridized carbons (Fsp3) is 0.278.